The number of ether oxygens (including phenoxy) is 1. The van der Waals surface area contributed by atoms with Gasteiger partial charge >= 0.3 is 0 Å². The first-order chi connectivity index (χ1) is 16.7. The molecule has 2 amide bonds. The van der Waals surface area contributed by atoms with E-state index in [1.165, 1.54) is 24.2 Å². The van der Waals surface area contributed by atoms with Crippen LogP contribution < -0.4 is 9.64 Å². The van der Waals surface area contributed by atoms with E-state index in [0.29, 0.717) is 12.3 Å². The number of nitrogens with zero attached hydrogens (tertiary/aromatic N) is 4. The topological polar surface area (TPSA) is 66.0 Å². The standard InChI is InChI=1S/C27H36N4O3/c1-2-3-4-7-20-34-24-11-9-23(10-12-24)31-26(32)21-25(27(31)33)30-18-16-29(17-19-30)15-13-22-8-5-6-14-28-22/h5-6,8-12,14,25H,2-4,7,13,15-21H2,1H3/t25-/m1/s1. The third-order valence-electron chi connectivity index (χ3n) is 6.74. The Morgan fingerprint density at radius 3 is 2.47 bits per heavy atom. The van der Waals surface area contributed by atoms with Crippen molar-refractivity contribution in [2.24, 2.45) is 0 Å². The summed E-state index contributed by atoms with van der Waals surface area (Å²) in [6.45, 7) is 7.23. The summed E-state index contributed by atoms with van der Waals surface area (Å²) < 4.78 is 5.79. The normalized spacial score (nSPS) is 19.7. The lowest BCUT2D eigenvalue weighted by Gasteiger charge is -2.37. The maximum Gasteiger partial charge on any atom is 0.251 e. The summed E-state index contributed by atoms with van der Waals surface area (Å²) in [6.07, 6.45) is 7.65. The van der Waals surface area contributed by atoms with E-state index in [2.05, 4.69) is 27.8 Å². The van der Waals surface area contributed by atoms with E-state index >= 15 is 0 Å². The second kappa shape index (κ2) is 12.1. The molecule has 4 rings (SSSR count). The first-order valence-electron chi connectivity index (χ1n) is 12.6. The van der Waals surface area contributed by atoms with Gasteiger partial charge in [0.05, 0.1) is 24.8 Å². The Kier molecular flexibility index (Phi) is 8.66. The molecule has 1 aromatic carbocycles. The second-order valence-electron chi connectivity index (χ2n) is 9.14. The largest absolute Gasteiger partial charge is 0.494 e. The van der Waals surface area contributed by atoms with Crippen LogP contribution in [-0.2, 0) is 16.0 Å². The molecule has 7 nitrogen and oxygen atoms in total. The lowest BCUT2D eigenvalue weighted by molar-refractivity contribution is -0.123. The maximum atomic E-state index is 13.2. The monoisotopic (exact) mass is 464 g/mol. The van der Waals surface area contributed by atoms with Gasteiger partial charge in [-0.15, -0.1) is 0 Å². The predicted molar refractivity (Wildman–Crippen MR) is 133 cm³/mol. The molecule has 34 heavy (non-hydrogen) atoms. The van der Waals surface area contributed by atoms with Gasteiger partial charge in [-0.25, -0.2) is 4.90 Å². The lowest BCUT2D eigenvalue weighted by Crippen LogP contribution is -2.52. The van der Waals surface area contributed by atoms with Gasteiger partial charge in [-0.3, -0.25) is 19.5 Å². The molecular formula is C27H36N4O3. The molecule has 0 N–H and O–H groups in total. The van der Waals surface area contributed by atoms with Crippen molar-refractivity contribution >= 4 is 17.5 Å². The SMILES string of the molecule is CCCCCCOc1ccc(N2C(=O)C[C@@H](N3CCN(CCc4ccccn4)CC3)C2=O)cc1. The van der Waals surface area contributed by atoms with E-state index in [-0.39, 0.29) is 24.3 Å². The number of anilines is 1. The fourth-order valence-electron chi connectivity index (χ4n) is 4.70. The third-order valence-corrected chi connectivity index (χ3v) is 6.74. The molecular weight excluding hydrogens is 428 g/mol. The number of pyridine rings is 1. The Labute approximate surface area is 202 Å². The Hall–Kier alpha value is -2.77. The van der Waals surface area contributed by atoms with Crippen LogP contribution in [-0.4, -0.2) is 72.0 Å². The molecule has 2 fully saturated rings. The van der Waals surface area contributed by atoms with Crippen LogP contribution in [0.3, 0.4) is 0 Å². The van der Waals surface area contributed by atoms with Crippen molar-refractivity contribution in [1.29, 1.82) is 0 Å². The smallest absolute Gasteiger partial charge is 0.251 e. The summed E-state index contributed by atoms with van der Waals surface area (Å²) in [5, 5.41) is 0. The molecule has 0 saturated carbocycles. The van der Waals surface area contributed by atoms with Crippen LogP contribution in [0.15, 0.2) is 48.7 Å². The van der Waals surface area contributed by atoms with Crippen molar-refractivity contribution in [2.45, 2.75) is 51.5 Å². The fourth-order valence-corrected chi connectivity index (χ4v) is 4.70. The zero-order chi connectivity index (χ0) is 23.8. The summed E-state index contributed by atoms with van der Waals surface area (Å²) in [6, 6.07) is 13.0. The Morgan fingerprint density at radius 2 is 1.76 bits per heavy atom. The highest BCUT2D eigenvalue weighted by atomic mass is 16.5. The molecule has 182 valence electrons. The summed E-state index contributed by atoms with van der Waals surface area (Å²) >= 11 is 0. The van der Waals surface area contributed by atoms with Crippen molar-refractivity contribution in [3.05, 3.63) is 54.4 Å². The first-order valence-corrected chi connectivity index (χ1v) is 12.6. The number of amides is 2. The Morgan fingerprint density at radius 1 is 0.971 bits per heavy atom. The molecule has 1 aromatic heterocycles. The molecule has 7 heteroatoms. The number of carbonyl (C=O) groups is 2. The number of hydrogen-bond donors (Lipinski definition) is 0. The Bertz CT molecular complexity index is 927. The second-order valence-corrected chi connectivity index (χ2v) is 9.14. The third kappa shape index (κ3) is 6.21. The summed E-state index contributed by atoms with van der Waals surface area (Å²) in [4.78, 5) is 36.2. The zero-order valence-electron chi connectivity index (χ0n) is 20.2. The minimum Gasteiger partial charge on any atom is -0.494 e. The van der Waals surface area contributed by atoms with Crippen molar-refractivity contribution in [3.63, 3.8) is 0 Å². The van der Waals surface area contributed by atoms with E-state index in [0.717, 1.165) is 57.0 Å². The minimum atomic E-state index is -0.361. The molecule has 0 radical (unpaired) electrons. The molecule has 1 atom stereocenters. The minimum absolute atomic E-state index is 0.111. The summed E-state index contributed by atoms with van der Waals surface area (Å²) in [5.74, 6) is 0.540. The van der Waals surface area contributed by atoms with Crippen LogP contribution in [0, 0.1) is 0 Å². The fraction of sp³-hybridized carbons (Fsp3) is 0.519. The highest BCUT2D eigenvalue weighted by Crippen LogP contribution is 2.28. The van der Waals surface area contributed by atoms with E-state index in [4.69, 9.17) is 4.74 Å². The van der Waals surface area contributed by atoms with Gasteiger partial charge in [-0.2, -0.15) is 0 Å². The van der Waals surface area contributed by atoms with Gasteiger partial charge in [0.1, 0.15) is 5.75 Å². The van der Waals surface area contributed by atoms with Gasteiger partial charge < -0.3 is 9.64 Å². The van der Waals surface area contributed by atoms with Crippen LogP contribution in [0.1, 0.15) is 44.7 Å². The lowest BCUT2D eigenvalue weighted by atomic mass is 10.1. The number of hydrogen-bond acceptors (Lipinski definition) is 6. The summed E-state index contributed by atoms with van der Waals surface area (Å²) in [7, 11) is 0. The van der Waals surface area contributed by atoms with Crippen molar-refractivity contribution < 1.29 is 14.3 Å². The van der Waals surface area contributed by atoms with Crippen LogP contribution in [0.5, 0.6) is 5.75 Å². The van der Waals surface area contributed by atoms with E-state index in [1.54, 1.807) is 0 Å². The number of benzene rings is 1. The first kappa shape index (κ1) is 24.4. The molecule has 0 bridgehead atoms. The quantitative estimate of drug-likeness (QED) is 0.374. The molecule has 2 aromatic rings. The van der Waals surface area contributed by atoms with Crippen LogP contribution in [0.25, 0.3) is 0 Å². The van der Waals surface area contributed by atoms with Crippen molar-refractivity contribution in [1.82, 2.24) is 14.8 Å². The molecule has 0 spiro atoms. The van der Waals surface area contributed by atoms with Gasteiger partial charge in [0, 0.05) is 51.0 Å². The van der Waals surface area contributed by atoms with Gasteiger partial charge in [0.2, 0.25) is 5.91 Å². The maximum absolute atomic E-state index is 13.2. The van der Waals surface area contributed by atoms with E-state index in [9.17, 15) is 9.59 Å². The molecule has 2 aliphatic heterocycles. The summed E-state index contributed by atoms with van der Waals surface area (Å²) in [5.41, 5.74) is 1.73. The van der Waals surface area contributed by atoms with Gasteiger partial charge in [-0.05, 0) is 42.8 Å². The van der Waals surface area contributed by atoms with Crippen LogP contribution >= 0.6 is 0 Å². The Balaban J connectivity index is 1.26. The number of carbonyl (C=O) groups excluding carboxylic acids is 2. The number of piperazine rings is 1. The molecule has 2 saturated heterocycles. The van der Waals surface area contributed by atoms with Crippen molar-refractivity contribution in [2.75, 3.05) is 44.2 Å². The van der Waals surface area contributed by atoms with E-state index in [1.807, 2.05) is 42.6 Å². The molecule has 0 aliphatic carbocycles. The highest BCUT2D eigenvalue weighted by molar-refractivity contribution is 6.22. The number of unbranched alkanes of at least 4 members (excludes halogenated alkanes) is 3. The average molecular weight is 465 g/mol. The predicted octanol–water partition coefficient (Wildman–Crippen LogP) is 3.53. The van der Waals surface area contributed by atoms with Crippen LogP contribution in [0.4, 0.5) is 5.69 Å². The number of rotatable bonds is 11. The molecule has 0 unspecified atom stereocenters. The van der Waals surface area contributed by atoms with Crippen molar-refractivity contribution in [3.8, 4) is 5.75 Å². The average Bonchev–Trinajstić information content (AvgIpc) is 3.17. The van der Waals surface area contributed by atoms with Gasteiger partial charge in [-0.1, -0.05) is 32.3 Å². The number of imide groups is 1. The van der Waals surface area contributed by atoms with Gasteiger partial charge in [0.15, 0.2) is 0 Å². The van der Waals surface area contributed by atoms with Gasteiger partial charge in [0.25, 0.3) is 5.91 Å². The number of aromatic nitrogens is 1. The highest BCUT2D eigenvalue weighted by Gasteiger charge is 2.43. The van der Waals surface area contributed by atoms with Crippen LogP contribution in [0.2, 0.25) is 0 Å². The molecule has 2 aliphatic rings. The molecule has 3 heterocycles. The zero-order valence-corrected chi connectivity index (χ0v) is 20.2. The van der Waals surface area contributed by atoms with E-state index < -0.39 is 0 Å².